The molecule has 0 saturated heterocycles. The van der Waals surface area contributed by atoms with E-state index in [2.05, 4.69) is 0 Å². The summed E-state index contributed by atoms with van der Waals surface area (Å²) in [5, 5.41) is 0. The van der Waals surface area contributed by atoms with Crippen LogP contribution < -0.4 is 9.80 Å². The molecular weight excluding hydrogens is 403 g/mol. The number of halogens is 1. The summed E-state index contributed by atoms with van der Waals surface area (Å²) in [6.07, 6.45) is 1.85. The minimum absolute atomic E-state index is 0.0829. The number of para-hydroxylation sites is 1. The summed E-state index contributed by atoms with van der Waals surface area (Å²) in [4.78, 5) is 30.2. The van der Waals surface area contributed by atoms with Gasteiger partial charge in [-0.05, 0) is 67.8 Å². The van der Waals surface area contributed by atoms with E-state index in [4.69, 9.17) is 0 Å². The average Bonchev–Trinajstić information content (AvgIpc) is 2.81. The maximum Gasteiger partial charge on any atom is 0.258 e. The van der Waals surface area contributed by atoms with Crippen LogP contribution in [0.3, 0.4) is 0 Å². The Hall–Kier alpha value is -3.47. The molecule has 0 fully saturated rings. The number of fused-ring (bicyclic) bond motifs is 1. The van der Waals surface area contributed by atoms with Crippen molar-refractivity contribution >= 4 is 23.2 Å². The molecule has 1 aliphatic rings. The fourth-order valence-electron chi connectivity index (χ4n) is 4.50. The monoisotopic (exact) mass is 430 g/mol. The molecule has 0 unspecified atom stereocenters. The molecule has 0 N–H and O–H groups in total. The third-order valence-electron chi connectivity index (χ3n) is 5.95. The molecular formula is C27H27FN2O2. The Bertz CT molecular complexity index is 1100. The molecule has 0 bridgehead atoms. The van der Waals surface area contributed by atoms with Crippen LogP contribution >= 0.6 is 0 Å². The highest BCUT2D eigenvalue weighted by atomic mass is 19.1. The van der Waals surface area contributed by atoms with Crippen LogP contribution in [0.4, 0.5) is 15.8 Å². The summed E-state index contributed by atoms with van der Waals surface area (Å²) in [6, 6.07) is 22.5. The van der Waals surface area contributed by atoms with Crippen molar-refractivity contribution in [1.29, 1.82) is 0 Å². The summed E-state index contributed by atoms with van der Waals surface area (Å²) in [5.74, 6) is -0.416. The molecule has 5 heteroatoms. The average molecular weight is 431 g/mol. The van der Waals surface area contributed by atoms with Crippen LogP contribution in [0, 0.1) is 5.82 Å². The molecule has 0 spiro atoms. The van der Waals surface area contributed by atoms with Crippen molar-refractivity contribution in [1.82, 2.24) is 0 Å². The first-order chi connectivity index (χ1) is 15.5. The zero-order valence-corrected chi connectivity index (χ0v) is 18.4. The fraction of sp³-hybridized carbons (Fsp3) is 0.259. The number of carbonyl (C=O) groups is 2. The van der Waals surface area contributed by atoms with Crippen molar-refractivity contribution in [3.63, 3.8) is 0 Å². The van der Waals surface area contributed by atoms with Gasteiger partial charge in [0.2, 0.25) is 5.91 Å². The van der Waals surface area contributed by atoms with Gasteiger partial charge in [0.1, 0.15) is 5.82 Å². The van der Waals surface area contributed by atoms with Gasteiger partial charge in [0.15, 0.2) is 0 Å². The Morgan fingerprint density at radius 1 is 0.969 bits per heavy atom. The van der Waals surface area contributed by atoms with E-state index >= 15 is 0 Å². The first-order valence-electron chi connectivity index (χ1n) is 11.1. The van der Waals surface area contributed by atoms with E-state index in [0.29, 0.717) is 24.1 Å². The molecule has 0 saturated carbocycles. The largest absolute Gasteiger partial charge is 0.309 e. The number of anilines is 2. The highest BCUT2D eigenvalue weighted by molar-refractivity contribution is 6.07. The zero-order valence-electron chi connectivity index (χ0n) is 18.4. The first-order valence-corrected chi connectivity index (χ1v) is 11.1. The lowest BCUT2D eigenvalue weighted by Crippen LogP contribution is -2.47. The Balaban J connectivity index is 1.83. The van der Waals surface area contributed by atoms with Crippen LogP contribution in [0.15, 0.2) is 78.9 Å². The molecule has 3 aromatic rings. The van der Waals surface area contributed by atoms with Gasteiger partial charge in [-0.1, -0.05) is 43.3 Å². The van der Waals surface area contributed by atoms with Crippen molar-refractivity contribution in [3.05, 3.63) is 95.8 Å². The molecule has 4 rings (SSSR count). The van der Waals surface area contributed by atoms with Crippen LogP contribution in [0.2, 0.25) is 0 Å². The van der Waals surface area contributed by atoms with Crippen molar-refractivity contribution in [2.24, 2.45) is 0 Å². The molecule has 2 atom stereocenters. The van der Waals surface area contributed by atoms with Crippen molar-refractivity contribution in [3.8, 4) is 0 Å². The number of carbonyl (C=O) groups excluding carboxylic acids is 2. The predicted molar refractivity (Wildman–Crippen MR) is 125 cm³/mol. The maximum absolute atomic E-state index is 13.7. The molecule has 32 heavy (non-hydrogen) atoms. The molecule has 1 aliphatic heterocycles. The van der Waals surface area contributed by atoms with Crippen LogP contribution in [-0.4, -0.2) is 17.9 Å². The smallest absolute Gasteiger partial charge is 0.258 e. The standard InChI is InChI=1S/C27H27FN2O2/c1-3-9-26(31)29-19(2)18-25(23-12-7-8-13-24(23)29)30(22-16-14-21(28)15-17-22)27(32)20-10-5-4-6-11-20/h4-8,10-17,19,25H,3,9,18H2,1-2H3/t19-,25-/m1/s1. The van der Waals surface area contributed by atoms with Gasteiger partial charge in [0.25, 0.3) is 5.91 Å². The summed E-state index contributed by atoms with van der Waals surface area (Å²) >= 11 is 0. The first kappa shape index (κ1) is 21.8. The summed E-state index contributed by atoms with van der Waals surface area (Å²) in [7, 11) is 0. The van der Waals surface area contributed by atoms with Crippen LogP contribution in [0.1, 0.15) is 55.1 Å². The Morgan fingerprint density at radius 2 is 1.62 bits per heavy atom. The quantitative estimate of drug-likeness (QED) is 0.488. The van der Waals surface area contributed by atoms with Gasteiger partial charge in [0.05, 0.1) is 6.04 Å². The Morgan fingerprint density at radius 3 is 2.31 bits per heavy atom. The van der Waals surface area contributed by atoms with Crippen molar-refractivity contribution in [2.75, 3.05) is 9.80 Å². The van der Waals surface area contributed by atoms with Crippen molar-refractivity contribution in [2.45, 2.75) is 45.2 Å². The molecule has 1 heterocycles. The Kier molecular flexibility index (Phi) is 6.35. The number of amides is 2. The molecule has 3 aromatic carbocycles. The number of hydrogen-bond acceptors (Lipinski definition) is 2. The molecule has 2 amide bonds. The van der Waals surface area contributed by atoms with Gasteiger partial charge >= 0.3 is 0 Å². The predicted octanol–water partition coefficient (Wildman–Crippen LogP) is 6.14. The number of rotatable bonds is 5. The summed E-state index contributed by atoms with van der Waals surface area (Å²) in [5.41, 5.74) is 2.94. The second-order valence-corrected chi connectivity index (χ2v) is 8.19. The van der Waals surface area contributed by atoms with E-state index in [1.165, 1.54) is 12.1 Å². The lowest BCUT2D eigenvalue weighted by atomic mass is 9.89. The lowest BCUT2D eigenvalue weighted by Gasteiger charge is -2.43. The zero-order chi connectivity index (χ0) is 22.7. The maximum atomic E-state index is 13.7. The minimum Gasteiger partial charge on any atom is -0.309 e. The van der Waals surface area contributed by atoms with E-state index in [9.17, 15) is 14.0 Å². The lowest BCUT2D eigenvalue weighted by molar-refractivity contribution is -0.119. The van der Waals surface area contributed by atoms with Gasteiger partial charge in [-0.2, -0.15) is 0 Å². The number of hydrogen-bond donors (Lipinski definition) is 0. The SMILES string of the molecule is CCCC(=O)N1c2ccccc2[C@H](N(C(=O)c2ccccc2)c2ccc(F)cc2)C[C@H]1C. The van der Waals surface area contributed by atoms with E-state index < -0.39 is 0 Å². The van der Waals surface area contributed by atoms with Crippen LogP contribution in [-0.2, 0) is 4.79 Å². The highest BCUT2D eigenvalue weighted by Crippen LogP contribution is 2.43. The second-order valence-electron chi connectivity index (χ2n) is 8.19. The van der Waals surface area contributed by atoms with E-state index in [0.717, 1.165) is 17.7 Å². The fourth-order valence-corrected chi connectivity index (χ4v) is 4.50. The number of nitrogens with zero attached hydrogens (tertiary/aromatic N) is 2. The topological polar surface area (TPSA) is 40.6 Å². The molecule has 0 aliphatic carbocycles. The number of benzene rings is 3. The van der Waals surface area contributed by atoms with Gasteiger partial charge in [-0.15, -0.1) is 0 Å². The molecule has 0 radical (unpaired) electrons. The van der Waals surface area contributed by atoms with E-state index in [-0.39, 0.29) is 29.7 Å². The van der Waals surface area contributed by atoms with Crippen LogP contribution in [0.5, 0.6) is 0 Å². The molecule has 4 nitrogen and oxygen atoms in total. The third kappa shape index (κ3) is 4.15. The molecule has 164 valence electrons. The van der Waals surface area contributed by atoms with E-state index in [1.54, 1.807) is 29.2 Å². The third-order valence-corrected chi connectivity index (χ3v) is 5.95. The van der Waals surface area contributed by atoms with Crippen molar-refractivity contribution < 1.29 is 14.0 Å². The van der Waals surface area contributed by atoms with Gasteiger partial charge in [0, 0.05) is 29.4 Å². The molecule has 0 aromatic heterocycles. The Labute approximate surface area is 188 Å². The minimum atomic E-state index is -0.352. The summed E-state index contributed by atoms with van der Waals surface area (Å²) in [6.45, 7) is 4.02. The summed E-state index contributed by atoms with van der Waals surface area (Å²) < 4.78 is 13.7. The highest BCUT2D eigenvalue weighted by Gasteiger charge is 2.38. The normalized spacial score (nSPS) is 17.5. The van der Waals surface area contributed by atoms with E-state index in [1.807, 2.05) is 61.2 Å². The second kappa shape index (κ2) is 9.35. The van der Waals surface area contributed by atoms with Gasteiger partial charge in [-0.25, -0.2) is 4.39 Å². The van der Waals surface area contributed by atoms with Gasteiger partial charge in [-0.3, -0.25) is 9.59 Å². The van der Waals surface area contributed by atoms with Gasteiger partial charge < -0.3 is 9.80 Å². The van der Waals surface area contributed by atoms with Crippen LogP contribution in [0.25, 0.3) is 0 Å².